The van der Waals surface area contributed by atoms with Crippen LogP contribution in [0.1, 0.15) is 25.0 Å². The maximum Gasteiger partial charge on any atom is 0.265 e. The number of anilines is 1. The fourth-order valence-corrected chi connectivity index (χ4v) is 2.15. The van der Waals surface area contributed by atoms with Gasteiger partial charge in [-0.3, -0.25) is 4.79 Å². The number of carbonyl (C=O) groups excluding carboxylic acids is 1. The number of rotatable bonds is 6. The maximum atomic E-state index is 12.3. The summed E-state index contributed by atoms with van der Waals surface area (Å²) < 4.78 is 11.2. The quantitative estimate of drug-likeness (QED) is 0.873. The first-order valence-corrected chi connectivity index (χ1v) is 7.77. The highest BCUT2D eigenvalue weighted by molar-refractivity contribution is 5.94. The Bertz CT molecular complexity index is 682. The van der Waals surface area contributed by atoms with Gasteiger partial charge in [0.1, 0.15) is 11.5 Å². The fraction of sp³-hybridized carbons (Fsp3) is 0.316. The summed E-state index contributed by atoms with van der Waals surface area (Å²) in [5.41, 5.74) is 2.80. The molecule has 0 heterocycles. The molecule has 0 aromatic heterocycles. The van der Waals surface area contributed by atoms with E-state index in [-0.39, 0.29) is 5.91 Å². The number of hydrogen-bond acceptors (Lipinski definition) is 3. The van der Waals surface area contributed by atoms with Crippen LogP contribution in [-0.2, 0) is 4.79 Å². The van der Waals surface area contributed by atoms with Crippen molar-refractivity contribution in [3.63, 3.8) is 0 Å². The van der Waals surface area contributed by atoms with E-state index < -0.39 is 6.10 Å². The maximum absolute atomic E-state index is 12.3. The van der Waals surface area contributed by atoms with Crippen molar-refractivity contribution in [2.24, 2.45) is 0 Å². The van der Waals surface area contributed by atoms with Gasteiger partial charge >= 0.3 is 0 Å². The van der Waals surface area contributed by atoms with Crippen molar-refractivity contribution >= 4 is 11.6 Å². The minimum absolute atomic E-state index is 0.195. The van der Waals surface area contributed by atoms with E-state index in [1.54, 1.807) is 13.0 Å². The van der Waals surface area contributed by atoms with Crippen molar-refractivity contribution in [3.8, 4) is 11.5 Å². The molecule has 0 bridgehead atoms. The minimum Gasteiger partial charge on any atom is -0.494 e. The van der Waals surface area contributed by atoms with Gasteiger partial charge in [-0.25, -0.2) is 0 Å². The average molecular weight is 313 g/mol. The molecule has 0 saturated heterocycles. The molecule has 1 N–H and O–H groups in total. The minimum atomic E-state index is -0.591. The monoisotopic (exact) mass is 313 g/mol. The molecule has 0 saturated carbocycles. The number of amides is 1. The summed E-state index contributed by atoms with van der Waals surface area (Å²) in [6, 6.07) is 13.3. The smallest absolute Gasteiger partial charge is 0.265 e. The zero-order chi connectivity index (χ0) is 16.8. The summed E-state index contributed by atoms with van der Waals surface area (Å²) in [7, 11) is 0. The Kier molecular flexibility index (Phi) is 5.63. The van der Waals surface area contributed by atoms with Crippen LogP contribution in [0, 0.1) is 13.8 Å². The van der Waals surface area contributed by atoms with E-state index in [2.05, 4.69) is 5.32 Å². The molecule has 0 unspecified atom stereocenters. The molecule has 122 valence electrons. The molecule has 1 atom stereocenters. The molecule has 4 heteroatoms. The van der Waals surface area contributed by atoms with Crippen LogP contribution in [-0.4, -0.2) is 18.6 Å². The Morgan fingerprint density at radius 1 is 1.17 bits per heavy atom. The van der Waals surface area contributed by atoms with Crippen LogP contribution in [0.2, 0.25) is 0 Å². The molecule has 0 aliphatic rings. The molecular formula is C19H23NO3. The highest BCUT2D eigenvalue weighted by Gasteiger charge is 2.16. The van der Waals surface area contributed by atoms with Crippen molar-refractivity contribution in [2.75, 3.05) is 11.9 Å². The average Bonchev–Trinajstić information content (AvgIpc) is 2.51. The third kappa shape index (κ3) is 4.74. The summed E-state index contributed by atoms with van der Waals surface area (Å²) in [6.07, 6.45) is -0.591. The number of nitrogens with one attached hydrogen (secondary N) is 1. The number of aryl methyl sites for hydroxylation is 2. The van der Waals surface area contributed by atoms with E-state index in [9.17, 15) is 4.79 Å². The van der Waals surface area contributed by atoms with Crippen molar-refractivity contribution in [2.45, 2.75) is 33.8 Å². The summed E-state index contributed by atoms with van der Waals surface area (Å²) >= 11 is 0. The van der Waals surface area contributed by atoms with E-state index in [0.29, 0.717) is 12.3 Å². The Morgan fingerprint density at radius 3 is 2.70 bits per heavy atom. The number of carbonyl (C=O) groups is 1. The molecule has 23 heavy (non-hydrogen) atoms. The van der Waals surface area contributed by atoms with Crippen LogP contribution >= 0.6 is 0 Å². The molecule has 0 fully saturated rings. The predicted molar refractivity (Wildman–Crippen MR) is 92.2 cm³/mol. The first-order valence-electron chi connectivity index (χ1n) is 7.77. The zero-order valence-corrected chi connectivity index (χ0v) is 14.1. The summed E-state index contributed by atoms with van der Waals surface area (Å²) in [4.78, 5) is 12.3. The van der Waals surface area contributed by atoms with Crippen molar-refractivity contribution in [3.05, 3.63) is 53.6 Å². The van der Waals surface area contributed by atoms with Crippen LogP contribution in [0.3, 0.4) is 0 Å². The molecule has 2 aromatic rings. The van der Waals surface area contributed by atoms with Crippen molar-refractivity contribution < 1.29 is 14.3 Å². The van der Waals surface area contributed by atoms with E-state index in [1.807, 2.05) is 57.2 Å². The molecule has 4 nitrogen and oxygen atoms in total. The van der Waals surface area contributed by atoms with Gasteiger partial charge in [-0.2, -0.15) is 0 Å². The predicted octanol–water partition coefficient (Wildman–Crippen LogP) is 4.11. The van der Waals surface area contributed by atoms with E-state index >= 15 is 0 Å². The van der Waals surface area contributed by atoms with Gasteiger partial charge in [0.2, 0.25) is 0 Å². The molecule has 0 aliphatic heterocycles. The summed E-state index contributed by atoms with van der Waals surface area (Å²) in [6.45, 7) is 8.21. The lowest BCUT2D eigenvalue weighted by molar-refractivity contribution is -0.122. The molecule has 0 radical (unpaired) electrons. The summed E-state index contributed by atoms with van der Waals surface area (Å²) in [5.74, 6) is 1.27. The first kappa shape index (κ1) is 16.9. The lowest BCUT2D eigenvalue weighted by atomic mass is 10.1. The van der Waals surface area contributed by atoms with Crippen LogP contribution in [0.4, 0.5) is 5.69 Å². The molecule has 0 spiro atoms. The van der Waals surface area contributed by atoms with Gasteiger partial charge in [-0.1, -0.05) is 18.2 Å². The second-order valence-corrected chi connectivity index (χ2v) is 5.48. The zero-order valence-electron chi connectivity index (χ0n) is 14.1. The van der Waals surface area contributed by atoms with Gasteiger partial charge in [-0.15, -0.1) is 0 Å². The molecule has 1 amide bonds. The number of hydrogen-bond donors (Lipinski definition) is 1. The Labute approximate surface area is 137 Å². The van der Waals surface area contributed by atoms with Gasteiger partial charge in [0.15, 0.2) is 6.10 Å². The second kappa shape index (κ2) is 7.68. The highest BCUT2D eigenvalue weighted by Crippen LogP contribution is 2.21. The SMILES string of the molecule is CCOc1cccc(NC(=O)[C@H](C)Oc2cc(C)ccc2C)c1. The lowest BCUT2D eigenvalue weighted by Gasteiger charge is -2.17. The lowest BCUT2D eigenvalue weighted by Crippen LogP contribution is -2.30. The van der Waals surface area contributed by atoms with Gasteiger partial charge in [0, 0.05) is 11.8 Å². The number of ether oxygens (including phenoxy) is 2. The van der Waals surface area contributed by atoms with E-state index in [0.717, 1.165) is 22.6 Å². The molecule has 2 rings (SSSR count). The molecule has 0 aliphatic carbocycles. The van der Waals surface area contributed by atoms with Crippen LogP contribution in [0.25, 0.3) is 0 Å². The number of benzene rings is 2. The van der Waals surface area contributed by atoms with E-state index in [4.69, 9.17) is 9.47 Å². The normalized spacial score (nSPS) is 11.7. The van der Waals surface area contributed by atoms with Crippen LogP contribution in [0.15, 0.2) is 42.5 Å². The fourth-order valence-electron chi connectivity index (χ4n) is 2.15. The Hall–Kier alpha value is -2.49. The van der Waals surface area contributed by atoms with Gasteiger partial charge < -0.3 is 14.8 Å². The van der Waals surface area contributed by atoms with Crippen LogP contribution < -0.4 is 14.8 Å². The summed E-state index contributed by atoms with van der Waals surface area (Å²) in [5, 5.41) is 2.85. The third-order valence-corrected chi connectivity index (χ3v) is 3.43. The molecule has 2 aromatic carbocycles. The highest BCUT2D eigenvalue weighted by atomic mass is 16.5. The van der Waals surface area contributed by atoms with Crippen LogP contribution in [0.5, 0.6) is 11.5 Å². The third-order valence-electron chi connectivity index (χ3n) is 3.43. The van der Waals surface area contributed by atoms with Gasteiger partial charge in [-0.05, 0) is 57.0 Å². The van der Waals surface area contributed by atoms with Crippen molar-refractivity contribution in [1.29, 1.82) is 0 Å². The van der Waals surface area contributed by atoms with Crippen molar-refractivity contribution in [1.82, 2.24) is 0 Å². The first-order chi connectivity index (χ1) is 11.0. The Morgan fingerprint density at radius 2 is 1.96 bits per heavy atom. The van der Waals surface area contributed by atoms with Gasteiger partial charge in [0.05, 0.1) is 6.61 Å². The topological polar surface area (TPSA) is 47.6 Å². The standard InChI is InChI=1S/C19H23NO3/c1-5-22-17-8-6-7-16(12-17)20-19(21)15(4)23-18-11-13(2)9-10-14(18)3/h6-12,15H,5H2,1-4H3,(H,20,21)/t15-/m0/s1. The van der Waals surface area contributed by atoms with E-state index in [1.165, 1.54) is 0 Å². The van der Waals surface area contributed by atoms with Gasteiger partial charge in [0.25, 0.3) is 5.91 Å². The Balaban J connectivity index is 2.02. The largest absolute Gasteiger partial charge is 0.494 e. The second-order valence-electron chi connectivity index (χ2n) is 5.48. The molecular weight excluding hydrogens is 290 g/mol.